The van der Waals surface area contributed by atoms with Crippen LogP contribution in [0.4, 0.5) is 0 Å². The third kappa shape index (κ3) is 2.91. The van der Waals surface area contributed by atoms with Crippen molar-refractivity contribution in [3.05, 3.63) is 83.0 Å². The van der Waals surface area contributed by atoms with E-state index in [2.05, 4.69) is 125 Å². The minimum absolute atomic E-state index is 0.137. The molecule has 1 aliphatic carbocycles. The fraction of sp³-hybridized carbons (Fsp3) is 0.432. The zero-order chi connectivity index (χ0) is 27.5. The first kappa shape index (κ1) is 24.9. The highest BCUT2D eigenvalue weighted by Crippen LogP contribution is 2.72. The third-order valence-electron chi connectivity index (χ3n) is 10.6. The SMILES string of the molecule is CCC1C2(CC)c3cccc4c5cc(CC(C)(C)C)ccc5n5c(-c6c(C)cccc6C)c[n+](c5c34)C12CC. The molecule has 3 heterocycles. The number of aryl methyl sites for hydroxylation is 2. The van der Waals surface area contributed by atoms with Crippen molar-refractivity contribution in [2.75, 3.05) is 0 Å². The number of benzene rings is 3. The molecule has 2 aliphatic rings. The summed E-state index contributed by atoms with van der Waals surface area (Å²) in [4.78, 5) is 0. The Morgan fingerprint density at radius 2 is 1.59 bits per heavy atom. The fourth-order valence-corrected chi connectivity index (χ4v) is 9.38. The van der Waals surface area contributed by atoms with Gasteiger partial charge in [0.1, 0.15) is 17.3 Å². The van der Waals surface area contributed by atoms with Gasteiger partial charge in [0.15, 0.2) is 5.69 Å². The van der Waals surface area contributed by atoms with Gasteiger partial charge in [-0.1, -0.05) is 84.0 Å². The summed E-state index contributed by atoms with van der Waals surface area (Å²) >= 11 is 0. The summed E-state index contributed by atoms with van der Waals surface area (Å²) in [6.45, 7) is 18.9. The predicted octanol–water partition coefficient (Wildman–Crippen LogP) is 9.21. The van der Waals surface area contributed by atoms with E-state index in [0.29, 0.717) is 5.92 Å². The summed E-state index contributed by atoms with van der Waals surface area (Å²) < 4.78 is 5.41. The normalized spacial score (nSPS) is 23.7. The molecule has 0 bridgehead atoms. The van der Waals surface area contributed by atoms with E-state index in [-0.39, 0.29) is 16.4 Å². The highest BCUT2D eigenvalue weighted by atomic mass is 15.2. The Bertz CT molecular complexity index is 1790. The predicted molar refractivity (Wildman–Crippen MR) is 165 cm³/mol. The largest absolute Gasteiger partial charge is 0.296 e. The first-order valence-corrected chi connectivity index (χ1v) is 15.2. The minimum atomic E-state index is 0.137. The number of pyridine rings is 1. The number of fused-ring (bicyclic) bond motifs is 6. The summed E-state index contributed by atoms with van der Waals surface area (Å²) in [6.07, 6.45) is 7.18. The molecule has 0 amide bonds. The second kappa shape index (κ2) is 7.96. The summed E-state index contributed by atoms with van der Waals surface area (Å²) in [5, 5.41) is 4.29. The summed E-state index contributed by atoms with van der Waals surface area (Å²) in [6, 6.07) is 21.3. The van der Waals surface area contributed by atoms with Crippen LogP contribution < -0.4 is 4.57 Å². The van der Waals surface area contributed by atoms with E-state index < -0.39 is 0 Å². The molecule has 1 fully saturated rings. The quantitative estimate of drug-likeness (QED) is 0.163. The molecule has 39 heavy (non-hydrogen) atoms. The van der Waals surface area contributed by atoms with Gasteiger partial charge >= 0.3 is 0 Å². The molecule has 2 heteroatoms. The van der Waals surface area contributed by atoms with Gasteiger partial charge in [0.2, 0.25) is 0 Å². The number of hydrogen-bond donors (Lipinski definition) is 0. The third-order valence-corrected chi connectivity index (χ3v) is 10.6. The van der Waals surface area contributed by atoms with Crippen molar-refractivity contribution in [1.29, 1.82) is 0 Å². The molecule has 2 aromatic heterocycles. The Morgan fingerprint density at radius 3 is 2.23 bits per heavy atom. The molecule has 5 aromatic rings. The van der Waals surface area contributed by atoms with Crippen LogP contribution in [0, 0.1) is 25.2 Å². The minimum Gasteiger partial charge on any atom is -0.222 e. The molecule has 0 N–H and O–H groups in total. The maximum absolute atomic E-state index is 2.77. The molecule has 3 unspecified atom stereocenters. The van der Waals surface area contributed by atoms with Gasteiger partial charge in [-0.3, -0.25) is 0 Å². The molecule has 1 aliphatic heterocycles. The van der Waals surface area contributed by atoms with E-state index in [1.165, 1.54) is 68.1 Å². The lowest BCUT2D eigenvalue weighted by Gasteiger charge is -2.28. The van der Waals surface area contributed by atoms with Crippen LogP contribution in [0.1, 0.15) is 83.1 Å². The molecule has 0 saturated heterocycles. The van der Waals surface area contributed by atoms with E-state index in [9.17, 15) is 0 Å². The maximum atomic E-state index is 2.77. The van der Waals surface area contributed by atoms with Gasteiger partial charge in [-0.15, -0.1) is 0 Å². The van der Waals surface area contributed by atoms with E-state index in [1.54, 1.807) is 5.56 Å². The topological polar surface area (TPSA) is 8.29 Å². The van der Waals surface area contributed by atoms with Crippen molar-refractivity contribution in [3.63, 3.8) is 0 Å². The second-order valence-electron chi connectivity index (χ2n) is 13.7. The van der Waals surface area contributed by atoms with Gasteiger partial charge in [0.25, 0.3) is 5.65 Å². The van der Waals surface area contributed by atoms with Crippen LogP contribution >= 0.6 is 0 Å². The second-order valence-corrected chi connectivity index (χ2v) is 13.7. The van der Waals surface area contributed by atoms with E-state index in [4.69, 9.17) is 0 Å². The lowest BCUT2D eigenvalue weighted by molar-refractivity contribution is -0.723. The average Bonchev–Trinajstić information content (AvgIpc) is 3.33. The van der Waals surface area contributed by atoms with Crippen molar-refractivity contribution in [2.45, 2.75) is 92.0 Å². The maximum Gasteiger partial charge on any atom is 0.296 e. The van der Waals surface area contributed by atoms with Crippen LogP contribution in [0.3, 0.4) is 0 Å². The molecule has 0 radical (unpaired) electrons. The van der Waals surface area contributed by atoms with Crippen molar-refractivity contribution >= 4 is 27.3 Å². The van der Waals surface area contributed by atoms with Crippen molar-refractivity contribution < 1.29 is 4.57 Å². The van der Waals surface area contributed by atoms with Gasteiger partial charge in [-0.05, 0) is 79.3 Å². The molecule has 0 spiro atoms. The summed E-state index contributed by atoms with van der Waals surface area (Å²) in [7, 11) is 0. The Balaban J connectivity index is 1.72. The first-order chi connectivity index (χ1) is 18.6. The van der Waals surface area contributed by atoms with E-state index >= 15 is 0 Å². The molecule has 1 saturated carbocycles. The smallest absolute Gasteiger partial charge is 0.222 e. The highest BCUT2D eigenvalue weighted by molar-refractivity contribution is 6.14. The van der Waals surface area contributed by atoms with Crippen LogP contribution in [0.25, 0.3) is 38.6 Å². The summed E-state index contributed by atoms with van der Waals surface area (Å²) in [5.41, 5.74) is 11.8. The zero-order valence-corrected chi connectivity index (χ0v) is 25.1. The van der Waals surface area contributed by atoms with Crippen molar-refractivity contribution in [2.24, 2.45) is 11.3 Å². The molecular formula is C37H43N2+. The van der Waals surface area contributed by atoms with Gasteiger partial charge in [0.05, 0.1) is 5.39 Å². The van der Waals surface area contributed by atoms with Crippen LogP contribution in [0.2, 0.25) is 0 Å². The zero-order valence-electron chi connectivity index (χ0n) is 25.1. The standard InChI is InChI=1S/C37H43N2/c1-9-31-36(10-2)28-17-13-16-26-27-20-25(21-35(6,7)8)18-19-29(27)39-30(32-23(4)14-12-15-24(32)5)22-38(34(39)33(26)28)37(31,36)11-3/h12-20,22,31H,9-11,21H2,1-8H3/q+1. The van der Waals surface area contributed by atoms with E-state index in [1.807, 2.05) is 0 Å². The summed E-state index contributed by atoms with van der Waals surface area (Å²) in [5.74, 6) is 0.652. The number of imidazole rings is 1. The monoisotopic (exact) mass is 515 g/mol. The molecular weight excluding hydrogens is 472 g/mol. The van der Waals surface area contributed by atoms with Crippen molar-refractivity contribution in [3.8, 4) is 11.3 Å². The molecule has 200 valence electrons. The van der Waals surface area contributed by atoms with E-state index in [0.717, 1.165) is 12.8 Å². The van der Waals surface area contributed by atoms with Crippen molar-refractivity contribution in [1.82, 2.24) is 4.40 Å². The lowest BCUT2D eigenvalue weighted by atomic mass is 9.80. The Morgan fingerprint density at radius 1 is 0.872 bits per heavy atom. The van der Waals surface area contributed by atoms with Crippen LogP contribution in [0.5, 0.6) is 0 Å². The number of nitrogens with zero attached hydrogens (tertiary/aromatic N) is 2. The first-order valence-electron chi connectivity index (χ1n) is 15.2. The Labute approximate surface area is 233 Å². The number of aromatic nitrogens is 2. The highest BCUT2D eigenvalue weighted by Gasteiger charge is 2.80. The molecule has 7 rings (SSSR count). The van der Waals surface area contributed by atoms with Gasteiger partial charge < -0.3 is 0 Å². The van der Waals surface area contributed by atoms with Gasteiger partial charge in [-0.2, -0.15) is 4.40 Å². The van der Waals surface area contributed by atoms with Crippen LogP contribution in [-0.4, -0.2) is 4.40 Å². The van der Waals surface area contributed by atoms with Gasteiger partial charge in [0, 0.05) is 27.7 Å². The number of hydrogen-bond acceptors (Lipinski definition) is 0. The Kier molecular flexibility index (Phi) is 5.08. The molecule has 3 atom stereocenters. The molecule has 2 nitrogen and oxygen atoms in total. The van der Waals surface area contributed by atoms with Crippen LogP contribution in [-0.2, 0) is 17.4 Å². The lowest BCUT2D eigenvalue weighted by Crippen LogP contribution is -2.52. The number of rotatable bonds is 5. The van der Waals surface area contributed by atoms with Gasteiger partial charge in [-0.25, -0.2) is 4.57 Å². The fourth-order valence-electron chi connectivity index (χ4n) is 9.38. The van der Waals surface area contributed by atoms with Crippen LogP contribution in [0.15, 0.2) is 60.8 Å². The molecule has 3 aromatic carbocycles. The Hall–Kier alpha value is -3.13. The average molecular weight is 516 g/mol.